The molecule has 2 heterocycles. The summed E-state index contributed by atoms with van der Waals surface area (Å²) in [7, 11) is -7.71. The van der Waals surface area contributed by atoms with Crippen LogP contribution in [-0.4, -0.2) is 24.1 Å². The average Bonchev–Trinajstić information content (AvgIpc) is 3.86. The van der Waals surface area contributed by atoms with Crippen LogP contribution in [0.25, 0.3) is 0 Å². The van der Waals surface area contributed by atoms with Crippen LogP contribution in [-0.2, 0) is 10.8 Å². The molecule has 0 radical (unpaired) electrons. The minimum absolute atomic E-state index is 0.252. The Balaban J connectivity index is 1.15. The molecule has 0 saturated carbocycles. The Hall–Kier alpha value is -6.59. The number of ether oxygens (including phenoxy) is 1. The van der Waals surface area contributed by atoms with Gasteiger partial charge in [-0.15, -0.1) is 0 Å². The summed E-state index contributed by atoms with van der Waals surface area (Å²) < 4.78 is 55.5. The van der Waals surface area contributed by atoms with Gasteiger partial charge >= 0.3 is 421 Å². The van der Waals surface area contributed by atoms with E-state index in [0.29, 0.717) is 34.5 Å². The van der Waals surface area contributed by atoms with Crippen molar-refractivity contribution >= 4 is 22.1 Å². The maximum absolute atomic E-state index is 7.50. The van der Waals surface area contributed by atoms with Crippen molar-refractivity contribution in [2.24, 2.45) is 9.26 Å². The van der Waals surface area contributed by atoms with E-state index in [4.69, 9.17) is 36.6 Å². The summed E-state index contributed by atoms with van der Waals surface area (Å²) in [6, 6.07) is 72.7. The number of fused-ring (bicyclic) bond motifs is 1. The second-order valence-electron chi connectivity index (χ2n) is 20.4. The van der Waals surface area contributed by atoms with E-state index in [1.54, 1.807) is 0 Å². The molecule has 0 amide bonds. The van der Waals surface area contributed by atoms with E-state index >= 15 is 0 Å². The van der Waals surface area contributed by atoms with Gasteiger partial charge in [-0.2, -0.15) is 0 Å². The summed E-state index contributed by atoms with van der Waals surface area (Å²) in [4.78, 5) is 0. The molecular weight excluding hydrogens is 964 g/mol. The van der Waals surface area contributed by atoms with Crippen molar-refractivity contribution in [3.05, 3.63) is 252 Å². The Morgan fingerprint density at radius 2 is 0.781 bits per heavy atom. The van der Waals surface area contributed by atoms with E-state index < -0.39 is 39.6 Å². The topological polar surface area (TPSA) is 92.1 Å². The van der Waals surface area contributed by atoms with E-state index in [9.17, 15) is 0 Å². The van der Waals surface area contributed by atoms with Crippen LogP contribution in [0, 0.1) is 13.8 Å². The molecule has 2 aliphatic rings. The zero-order valence-corrected chi connectivity index (χ0v) is 45.4. The first-order valence-corrected chi connectivity index (χ1v) is 30.7. The molecule has 9 nitrogen and oxygen atoms in total. The van der Waals surface area contributed by atoms with Crippen molar-refractivity contribution in [1.29, 1.82) is 0 Å². The van der Waals surface area contributed by atoms with Crippen molar-refractivity contribution in [1.82, 2.24) is 5.09 Å². The van der Waals surface area contributed by atoms with Gasteiger partial charge in [0.2, 0.25) is 0 Å². The number of rotatable bonds is 16. The molecule has 0 aliphatic carbocycles. The number of para-hydroxylation sites is 4. The monoisotopic (exact) mass is 1030 g/mol. The van der Waals surface area contributed by atoms with Crippen LogP contribution in [0.5, 0.6) is 34.5 Å². The average molecular weight is 1030 g/mol. The first-order valence-electron chi connectivity index (χ1n) is 24.8. The van der Waals surface area contributed by atoms with Crippen LogP contribution in [0.15, 0.2) is 228 Å². The Morgan fingerprint density at radius 3 is 1.19 bits per heavy atom. The zero-order chi connectivity index (χ0) is 50.9. The Morgan fingerprint density at radius 1 is 0.438 bits per heavy atom. The normalized spacial score (nSPS) is 21.1. The fraction of sp³-hybridized carbons (Fsp3) is 0.213. The van der Waals surface area contributed by atoms with Crippen LogP contribution in [0.4, 0.5) is 0 Å². The summed E-state index contributed by atoms with van der Waals surface area (Å²) in [5, 5.41) is 4.09. The van der Waals surface area contributed by atoms with Gasteiger partial charge in [0.15, 0.2) is 0 Å². The third-order valence-electron chi connectivity index (χ3n) is 14.2. The molecule has 8 aromatic rings. The molecule has 12 heteroatoms. The van der Waals surface area contributed by atoms with Crippen LogP contribution >= 0.6 is 22.1 Å². The summed E-state index contributed by atoms with van der Waals surface area (Å²) >= 11 is 0. The number of aryl methyl sites for hydroxylation is 2. The number of nitrogens with one attached hydrogen (secondary N) is 1. The van der Waals surface area contributed by atoms with E-state index in [0.717, 1.165) is 11.1 Å². The third kappa shape index (κ3) is 10.2. The standard InChI is InChI=1S/C61H64N3O6P3/c1-45-29-33-48(34-30-45)60(4,5)50-37-41-52(42-38-50)65-59-58-62-72(68-54-23-15-10-16-24-54,69-55-25-17-11-18-26-55)64-71(66-53-21-13-9-14-22-53,47(3)63-73(58,59,8)70-57-27-19-12-20-28-57)67-56-43-39-51(40-44-56)61(6,7)49-35-31-46(2)32-36-49/h9-44,47,58-59,63H,1-8H3. The predicted molar refractivity (Wildman–Crippen MR) is 301 cm³/mol. The summed E-state index contributed by atoms with van der Waals surface area (Å²) in [5.74, 6) is 1.57. The third-order valence-corrected chi connectivity index (χ3v) is 24.7. The van der Waals surface area contributed by atoms with Crippen LogP contribution in [0.1, 0.15) is 68.0 Å². The Bertz CT molecular complexity index is 3250. The zero-order valence-electron chi connectivity index (χ0n) is 42.7. The number of hydrogen-bond acceptors (Lipinski definition) is 9. The van der Waals surface area contributed by atoms with Crippen molar-refractivity contribution in [3.8, 4) is 34.5 Å². The molecule has 4 atom stereocenters. The maximum atomic E-state index is 7.50. The van der Waals surface area contributed by atoms with Crippen LogP contribution in [0.3, 0.4) is 0 Å². The van der Waals surface area contributed by atoms with Gasteiger partial charge in [-0.25, -0.2) is 0 Å². The minimum atomic E-state index is -4.00. The van der Waals surface area contributed by atoms with Crippen molar-refractivity contribution in [2.75, 3.05) is 6.66 Å². The SMILES string of the molecule is Cc1ccc(C(C)(C)c2ccc(OC3C4N=P(Oc5ccccc5)(Oc5ccccc5)N=P(Oc5ccccc5)(Oc5ccc(C(C)(C)c6ccc(C)cc6)cc5)C(C)NP43(C)Oc3ccccc3)cc2)cc1. The second kappa shape index (κ2) is 19.7. The molecule has 1 saturated heterocycles. The summed E-state index contributed by atoms with van der Waals surface area (Å²) in [6.07, 6.45) is 0. The fourth-order valence-corrected chi connectivity index (χ4v) is 22.1. The molecule has 0 bridgehead atoms. The number of benzene rings is 8. The van der Waals surface area contributed by atoms with E-state index in [1.165, 1.54) is 22.3 Å². The Kier molecular flexibility index (Phi) is 13.5. The molecule has 10 rings (SSSR count). The number of nitrogens with zero attached hydrogens (tertiary/aromatic N) is 2. The molecular formula is C61H64N3O6P3. The van der Waals surface area contributed by atoms with E-state index in [2.05, 4.69) is 133 Å². The fourth-order valence-electron chi connectivity index (χ4n) is 9.48. The second-order valence-corrected chi connectivity index (χ2v) is 29.7. The van der Waals surface area contributed by atoms with Gasteiger partial charge in [0.25, 0.3) is 0 Å². The molecule has 374 valence electrons. The van der Waals surface area contributed by atoms with Crippen LogP contribution in [0.2, 0.25) is 0 Å². The first-order chi connectivity index (χ1) is 35.1. The van der Waals surface area contributed by atoms with Crippen molar-refractivity contribution in [3.63, 3.8) is 0 Å². The summed E-state index contributed by atoms with van der Waals surface area (Å²) in [5.41, 5.74) is 6.63. The Labute approximate surface area is 431 Å². The van der Waals surface area contributed by atoms with Crippen LogP contribution < -0.4 is 32.4 Å². The van der Waals surface area contributed by atoms with Crippen molar-refractivity contribution < 1.29 is 27.4 Å². The van der Waals surface area contributed by atoms with Gasteiger partial charge in [-0.1, -0.05) is 5.56 Å². The van der Waals surface area contributed by atoms with Gasteiger partial charge in [-0.05, 0) is 6.92 Å². The number of hydrogen-bond donors (Lipinski definition) is 1. The van der Waals surface area contributed by atoms with Gasteiger partial charge in [0, 0.05) is 0 Å². The van der Waals surface area contributed by atoms with Crippen molar-refractivity contribution in [2.45, 2.75) is 76.7 Å². The van der Waals surface area contributed by atoms with Gasteiger partial charge < -0.3 is 0 Å². The summed E-state index contributed by atoms with van der Waals surface area (Å²) in [6.45, 7) is 13.4. The van der Waals surface area contributed by atoms with Gasteiger partial charge in [0.1, 0.15) is 0 Å². The van der Waals surface area contributed by atoms with E-state index in [1.807, 2.05) is 146 Å². The quantitative estimate of drug-likeness (QED) is 0.0964. The molecule has 0 aromatic heterocycles. The van der Waals surface area contributed by atoms with Gasteiger partial charge in [-0.3, -0.25) is 0 Å². The molecule has 73 heavy (non-hydrogen) atoms. The molecule has 1 fully saturated rings. The molecule has 8 aromatic carbocycles. The first kappa shape index (κ1) is 50.0. The molecule has 2 aliphatic heterocycles. The van der Waals surface area contributed by atoms with Gasteiger partial charge in [0.05, 0.1) is 0 Å². The van der Waals surface area contributed by atoms with E-state index in [-0.39, 0.29) is 10.8 Å². The predicted octanol–water partition coefficient (Wildman–Crippen LogP) is 17.3. The molecule has 1 N–H and O–H groups in total. The molecule has 4 unspecified atom stereocenters. The molecule has 0 spiro atoms.